The normalized spacial score (nSPS) is 19.6. The fourth-order valence-corrected chi connectivity index (χ4v) is 5.81. The van der Waals surface area contributed by atoms with Crippen molar-refractivity contribution in [2.75, 3.05) is 18.4 Å². The number of halogens is 1. The summed E-state index contributed by atoms with van der Waals surface area (Å²) < 4.78 is 33.0. The first-order chi connectivity index (χ1) is 15.2. The topological polar surface area (TPSA) is 105 Å². The van der Waals surface area contributed by atoms with E-state index in [0.29, 0.717) is 35.5 Å². The molecule has 2 aromatic carbocycles. The number of nitrogens with one attached hydrogen (secondary N) is 1. The van der Waals surface area contributed by atoms with E-state index in [1.807, 2.05) is 0 Å². The second-order valence-corrected chi connectivity index (χ2v) is 10.5. The van der Waals surface area contributed by atoms with Crippen molar-refractivity contribution in [3.8, 4) is 11.5 Å². The molecule has 0 bridgehead atoms. The van der Waals surface area contributed by atoms with E-state index in [2.05, 4.69) is 29.4 Å². The van der Waals surface area contributed by atoms with E-state index in [9.17, 15) is 13.2 Å². The third-order valence-electron chi connectivity index (χ3n) is 5.34. The Labute approximate surface area is 191 Å². The minimum atomic E-state index is -3.61. The molecule has 1 N–H and O–H groups in total. The van der Waals surface area contributed by atoms with E-state index < -0.39 is 15.9 Å². The largest absolute Gasteiger partial charge is 0.403 e. The average Bonchev–Trinajstić information content (AvgIpc) is 3.21. The molecule has 0 radical (unpaired) electrons. The summed E-state index contributed by atoms with van der Waals surface area (Å²) in [6.45, 7) is 5.11. The molecule has 10 heteroatoms. The highest BCUT2D eigenvalue weighted by molar-refractivity contribution is 7.89. The van der Waals surface area contributed by atoms with Crippen LogP contribution in [0.15, 0.2) is 57.8 Å². The van der Waals surface area contributed by atoms with Crippen LogP contribution in [0.5, 0.6) is 0 Å². The molecule has 1 aromatic heterocycles. The monoisotopic (exact) mass is 474 g/mol. The summed E-state index contributed by atoms with van der Waals surface area (Å²) in [5.41, 5.74) is 0.819. The van der Waals surface area contributed by atoms with Gasteiger partial charge in [-0.1, -0.05) is 42.7 Å². The molecule has 1 amide bonds. The van der Waals surface area contributed by atoms with Gasteiger partial charge in [0, 0.05) is 18.7 Å². The lowest BCUT2D eigenvalue weighted by atomic mass is 9.94. The Morgan fingerprint density at radius 1 is 1.06 bits per heavy atom. The number of rotatable bonds is 5. The summed E-state index contributed by atoms with van der Waals surface area (Å²) >= 11 is 6.13. The number of benzene rings is 2. The van der Waals surface area contributed by atoms with Crippen molar-refractivity contribution >= 4 is 33.5 Å². The molecule has 1 fully saturated rings. The molecular weight excluding hydrogens is 452 g/mol. The SMILES string of the molecule is C[C@H]1C[C@H](C)CN(S(=O)(=O)c2ccc(C(=O)Nc3nnc(-c4ccccc4Cl)o3)cc2)C1. The van der Waals surface area contributed by atoms with Crippen molar-refractivity contribution in [1.82, 2.24) is 14.5 Å². The van der Waals surface area contributed by atoms with Crippen molar-refractivity contribution in [1.29, 1.82) is 0 Å². The zero-order valence-corrected chi connectivity index (χ0v) is 19.2. The van der Waals surface area contributed by atoms with E-state index >= 15 is 0 Å². The first-order valence-corrected chi connectivity index (χ1v) is 12.1. The zero-order chi connectivity index (χ0) is 22.9. The molecule has 32 heavy (non-hydrogen) atoms. The highest BCUT2D eigenvalue weighted by Gasteiger charge is 2.31. The number of anilines is 1. The Kier molecular flexibility index (Phi) is 6.32. The van der Waals surface area contributed by atoms with Gasteiger partial charge in [-0.15, -0.1) is 5.10 Å². The van der Waals surface area contributed by atoms with Gasteiger partial charge in [0.05, 0.1) is 15.5 Å². The molecule has 168 valence electrons. The highest BCUT2D eigenvalue weighted by atomic mass is 35.5. The van der Waals surface area contributed by atoms with E-state index in [1.165, 1.54) is 28.6 Å². The molecule has 4 rings (SSSR count). The number of piperidine rings is 1. The molecular formula is C22H23ClN4O4S. The molecule has 0 spiro atoms. The maximum atomic E-state index is 13.0. The maximum Gasteiger partial charge on any atom is 0.322 e. The lowest BCUT2D eigenvalue weighted by molar-refractivity contribution is 0.102. The molecule has 0 unspecified atom stereocenters. The second kappa shape index (κ2) is 9.01. The van der Waals surface area contributed by atoms with E-state index in [-0.39, 0.29) is 22.4 Å². The summed E-state index contributed by atoms with van der Waals surface area (Å²) in [7, 11) is -3.61. The van der Waals surface area contributed by atoms with Crippen LogP contribution in [0.25, 0.3) is 11.5 Å². The number of nitrogens with zero attached hydrogens (tertiary/aromatic N) is 3. The van der Waals surface area contributed by atoms with Crippen LogP contribution < -0.4 is 5.32 Å². The van der Waals surface area contributed by atoms with Crippen LogP contribution in [0.4, 0.5) is 6.01 Å². The molecule has 3 aromatic rings. The van der Waals surface area contributed by atoms with Crippen LogP contribution in [-0.4, -0.2) is 41.9 Å². The van der Waals surface area contributed by atoms with Gasteiger partial charge in [-0.3, -0.25) is 10.1 Å². The van der Waals surface area contributed by atoms with Crippen LogP contribution in [0.3, 0.4) is 0 Å². The third-order valence-corrected chi connectivity index (χ3v) is 7.51. The van der Waals surface area contributed by atoms with Crippen molar-refractivity contribution < 1.29 is 17.6 Å². The molecule has 2 atom stereocenters. The van der Waals surface area contributed by atoms with Crippen molar-refractivity contribution in [3.63, 3.8) is 0 Å². The fourth-order valence-electron chi connectivity index (χ4n) is 3.92. The summed E-state index contributed by atoms with van der Waals surface area (Å²) in [6, 6.07) is 12.7. The summed E-state index contributed by atoms with van der Waals surface area (Å²) in [5.74, 6) is 0.299. The van der Waals surface area contributed by atoms with Crippen LogP contribution in [0.2, 0.25) is 5.02 Å². The molecule has 1 aliphatic heterocycles. The quantitative estimate of drug-likeness (QED) is 0.590. The van der Waals surface area contributed by atoms with Crippen LogP contribution in [0, 0.1) is 11.8 Å². The van der Waals surface area contributed by atoms with Gasteiger partial charge in [0.25, 0.3) is 11.8 Å². The summed E-state index contributed by atoms with van der Waals surface area (Å²) in [4.78, 5) is 12.7. The lowest BCUT2D eigenvalue weighted by Gasteiger charge is -2.34. The zero-order valence-electron chi connectivity index (χ0n) is 17.7. The minimum Gasteiger partial charge on any atom is -0.403 e. The third kappa shape index (κ3) is 4.69. The van der Waals surface area contributed by atoms with Gasteiger partial charge in [0.15, 0.2) is 0 Å². The van der Waals surface area contributed by atoms with Gasteiger partial charge >= 0.3 is 6.01 Å². The smallest absolute Gasteiger partial charge is 0.322 e. The molecule has 2 heterocycles. The first kappa shape index (κ1) is 22.4. The van der Waals surface area contributed by atoms with Crippen LogP contribution >= 0.6 is 11.6 Å². The number of hydrogen-bond donors (Lipinski definition) is 1. The van der Waals surface area contributed by atoms with Gasteiger partial charge in [-0.05, 0) is 54.7 Å². The van der Waals surface area contributed by atoms with E-state index in [4.69, 9.17) is 16.0 Å². The number of hydrogen-bond acceptors (Lipinski definition) is 6. The number of sulfonamides is 1. The van der Waals surface area contributed by atoms with Gasteiger partial charge in [0.2, 0.25) is 10.0 Å². The average molecular weight is 475 g/mol. The van der Waals surface area contributed by atoms with Crippen LogP contribution in [0.1, 0.15) is 30.6 Å². The number of aromatic nitrogens is 2. The fraction of sp³-hybridized carbons (Fsp3) is 0.318. The standard InChI is InChI=1S/C22H23ClN4O4S/c1-14-11-15(2)13-27(12-14)32(29,30)17-9-7-16(8-10-17)20(28)24-22-26-25-21(31-22)18-5-3-4-6-19(18)23/h3-10,14-15H,11-13H2,1-2H3,(H,24,26,28)/t14-,15-/m0/s1. The molecule has 1 aliphatic rings. The highest BCUT2D eigenvalue weighted by Crippen LogP contribution is 2.28. The van der Waals surface area contributed by atoms with E-state index in [1.54, 1.807) is 24.3 Å². The van der Waals surface area contributed by atoms with Crippen molar-refractivity contribution in [2.24, 2.45) is 11.8 Å². The molecule has 8 nitrogen and oxygen atoms in total. The molecule has 0 aliphatic carbocycles. The second-order valence-electron chi connectivity index (χ2n) is 8.14. The Balaban J connectivity index is 1.46. The predicted molar refractivity (Wildman–Crippen MR) is 121 cm³/mol. The van der Waals surface area contributed by atoms with Gasteiger partial charge < -0.3 is 4.42 Å². The first-order valence-electron chi connectivity index (χ1n) is 10.2. The predicted octanol–water partition coefficient (Wildman–Crippen LogP) is 4.31. The van der Waals surface area contributed by atoms with Crippen LogP contribution in [-0.2, 0) is 10.0 Å². The summed E-state index contributed by atoms with van der Waals surface area (Å²) in [5, 5.41) is 10.7. The van der Waals surface area contributed by atoms with Gasteiger partial charge in [0.1, 0.15) is 0 Å². The number of amides is 1. The lowest BCUT2D eigenvalue weighted by Crippen LogP contribution is -2.42. The van der Waals surface area contributed by atoms with Crippen molar-refractivity contribution in [3.05, 3.63) is 59.1 Å². The minimum absolute atomic E-state index is 0.0853. The molecule has 0 saturated carbocycles. The summed E-state index contributed by atoms with van der Waals surface area (Å²) in [6.07, 6.45) is 1.01. The van der Waals surface area contributed by atoms with Gasteiger partial charge in [-0.2, -0.15) is 4.31 Å². The Hall–Kier alpha value is -2.75. The Bertz CT molecular complexity index is 1220. The molecule has 1 saturated heterocycles. The Morgan fingerprint density at radius 2 is 1.72 bits per heavy atom. The van der Waals surface area contributed by atoms with Gasteiger partial charge in [-0.25, -0.2) is 8.42 Å². The Morgan fingerprint density at radius 3 is 2.38 bits per heavy atom. The maximum absolute atomic E-state index is 13.0. The van der Waals surface area contributed by atoms with E-state index in [0.717, 1.165) is 6.42 Å². The number of carbonyl (C=O) groups excluding carboxylic acids is 1. The van der Waals surface area contributed by atoms with Crippen molar-refractivity contribution in [2.45, 2.75) is 25.2 Å². The number of carbonyl (C=O) groups is 1.